The molecule has 5 heavy (non-hydrogen) atoms. The van der Waals surface area contributed by atoms with Crippen LogP contribution in [0, 0.1) is 11.5 Å². The molecule has 0 aliphatic carbocycles. The van der Waals surface area contributed by atoms with E-state index in [9.17, 15) is 0 Å². The molecule has 0 aromatic heterocycles. The van der Waals surface area contributed by atoms with Crippen LogP contribution in [0.5, 0.6) is 0 Å². The highest BCUT2D eigenvalue weighted by molar-refractivity contribution is 4.46. The SMILES string of the molecule is N#CN.O.O. The molecule has 0 unspecified atom stereocenters. The van der Waals surface area contributed by atoms with Gasteiger partial charge in [-0.1, -0.05) is 0 Å². The number of nitrogens with zero attached hydrogens (tertiary/aromatic N) is 1. The van der Waals surface area contributed by atoms with Crippen molar-refractivity contribution in [1.29, 1.82) is 5.26 Å². The van der Waals surface area contributed by atoms with Gasteiger partial charge in [0.05, 0.1) is 0 Å². The van der Waals surface area contributed by atoms with Gasteiger partial charge in [0.25, 0.3) is 0 Å². The van der Waals surface area contributed by atoms with Gasteiger partial charge in [-0.2, -0.15) is 5.26 Å². The maximum atomic E-state index is 7.10. The first kappa shape index (κ1) is 29.6. The Morgan fingerprint density at radius 1 is 1.40 bits per heavy atom. The van der Waals surface area contributed by atoms with Crippen molar-refractivity contribution in [2.45, 2.75) is 0 Å². The fourth-order valence-corrected chi connectivity index (χ4v) is 0. The lowest BCUT2D eigenvalue weighted by molar-refractivity contribution is 0.823. The predicted molar refractivity (Wildman–Crippen MR) is 17.0 cm³/mol. The summed E-state index contributed by atoms with van der Waals surface area (Å²) in [5.74, 6) is 0. The van der Waals surface area contributed by atoms with Crippen LogP contribution in [0.25, 0.3) is 0 Å². The normalized spacial score (nSPS) is 1.40. The lowest BCUT2D eigenvalue weighted by atomic mass is 11.5. The van der Waals surface area contributed by atoms with Gasteiger partial charge in [-0.15, -0.1) is 0 Å². The van der Waals surface area contributed by atoms with Crippen LogP contribution in [0.3, 0.4) is 0 Å². The lowest BCUT2D eigenvalue weighted by Gasteiger charge is -1.24. The lowest BCUT2D eigenvalue weighted by Crippen LogP contribution is -1.69. The second-order valence-electron chi connectivity index (χ2n) is 0.129. The largest absolute Gasteiger partial charge is 0.412 e. The third kappa shape index (κ3) is 7.53. The van der Waals surface area contributed by atoms with Gasteiger partial charge in [-0.05, 0) is 0 Å². The van der Waals surface area contributed by atoms with Crippen LogP contribution in [0.15, 0.2) is 0 Å². The fraction of sp³-hybridized carbons (Fsp3) is 0. The van der Waals surface area contributed by atoms with Crippen LogP contribution >= 0.6 is 0 Å². The number of hydrogen-bond acceptors (Lipinski definition) is 2. The molecule has 6 N–H and O–H groups in total. The molecule has 0 bridgehead atoms. The van der Waals surface area contributed by atoms with Gasteiger partial charge >= 0.3 is 0 Å². The molecular weight excluding hydrogens is 72.0 g/mol. The molecule has 0 saturated carbocycles. The molecular formula is CH6N2O2. The third-order valence-corrected chi connectivity index (χ3v) is 0. The summed E-state index contributed by atoms with van der Waals surface area (Å²) in [6, 6.07) is 0. The summed E-state index contributed by atoms with van der Waals surface area (Å²) in [4.78, 5) is 0. The van der Waals surface area contributed by atoms with Crippen molar-refractivity contribution < 1.29 is 11.0 Å². The van der Waals surface area contributed by atoms with E-state index in [0.717, 1.165) is 0 Å². The minimum absolute atomic E-state index is 0. The summed E-state index contributed by atoms with van der Waals surface area (Å²) in [5.41, 5.74) is 4.15. The van der Waals surface area contributed by atoms with Crippen LogP contribution in [0.1, 0.15) is 0 Å². The van der Waals surface area contributed by atoms with Crippen molar-refractivity contribution in [3.63, 3.8) is 0 Å². The molecule has 4 nitrogen and oxygen atoms in total. The first-order valence-corrected chi connectivity index (χ1v) is 0.512. The summed E-state index contributed by atoms with van der Waals surface area (Å²) in [7, 11) is 0. The quantitative estimate of drug-likeness (QED) is 0.261. The number of rotatable bonds is 0. The minimum atomic E-state index is 0. The highest BCUT2D eigenvalue weighted by Gasteiger charge is 1.12. The first-order valence-electron chi connectivity index (χ1n) is 0.512. The monoisotopic (exact) mass is 78.0 g/mol. The van der Waals surface area contributed by atoms with Gasteiger partial charge in [-0.3, -0.25) is 0 Å². The Morgan fingerprint density at radius 2 is 1.40 bits per heavy atom. The zero-order valence-electron chi connectivity index (χ0n) is 2.52. The molecule has 0 aliphatic rings. The van der Waals surface area contributed by atoms with Crippen molar-refractivity contribution in [3.05, 3.63) is 0 Å². The Bertz CT molecular complexity index is 29.1. The molecule has 0 aromatic rings. The second kappa shape index (κ2) is 356. The van der Waals surface area contributed by atoms with Crippen LogP contribution in [0.4, 0.5) is 0 Å². The van der Waals surface area contributed by atoms with Gasteiger partial charge in [-0.25, -0.2) is 0 Å². The average molecular weight is 78.1 g/mol. The Hall–Kier alpha value is -0.790. The van der Waals surface area contributed by atoms with Crippen molar-refractivity contribution in [2.75, 3.05) is 0 Å². The van der Waals surface area contributed by atoms with Crippen LogP contribution in [0.2, 0.25) is 0 Å². The molecule has 0 aromatic carbocycles. The fourth-order valence-electron chi connectivity index (χ4n) is 0. The smallest absolute Gasteiger partial charge is 0.173 e. The molecule has 0 aliphatic heterocycles. The number of nitrogens with two attached hydrogens (primary N) is 1. The molecule has 0 saturated heterocycles. The standard InChI is InChI=1S/CH2N2.2H2O/c2-1-3;;/h2H2;2*1H2. The van der Waals surface area contributed by atoms with Crippen molar-refractivity contribution in [1.82, 2.24) is 0 Å². The third-order valence-electron chi connectivity index (χ3n) is 0. The maximum Gasteiger partial charge on any atom is 0.173 e. The van der Waals surface area contributed by atoms with E-state index in [0.29, 0.717) is 0 Å². The highest BCUT2D eigenvalue weighted by atomic mass is 16.0. The molecule has 0 radical (unpaired) electrons. The first-order chi connectivity index (χ1) is 1.41. The van der Waals surface area contributed by atoms with E-state index in [-0.39, 0.29) is 11.0 Å². The topological polar surface area (TPSA) is 113 Å². The Labute approximate surface area is 29.4 Å². The second-order valence-corrected chi connectivity index (χ2v) is 0.129. The minimum Gasteiger partial charge on any atom is -0.412 e. The van der Waals surface area contributed by atoms with Gasteiger partial charge < -0.3 is 16.7 Å². The van der Waals surface area contributed by atoms with Crippen LogP contribution < -0.4 is 5.73 Å². The van der Waals surface area contributed by atoms with Gasteiger partial charge in [0, 0.05) is 0 Å². The van der Waals surface area contributed by atoms with E-state index < -0.39 is 0 Å². The van der Waals surface area contributed by atoms with E-state index in [1.54, 1.807) is 0 Å². The molecule has 0 heterocycles. The van der Waals surface area contributed by atoms with Crippen LogP contribution in [-0.2, 0) is 0 Å². The van der Waals surface area contributed by atoms with Gasteiger partial charge in [0.2, 0.25) is 0 Å². The van der Waals surface area contributed by atoms with E-state index in [4.69, 9.17) is 5.26 Å². The van der Waals surface area contributed by atoms with Gasteiger partial charge in [0.1, 0.15) is 0 Å². The zero-order chi connectivity index (χ0) is 2.71. The Kier molecular flexibility index (Phi) is 2110. The molecule has 0 spiro atoms. The predicted octanol–water partition coefficient (Wildman–Crippen LogP) is -2.22. The molecule has 0 atom stereocenters. The van der Waals surface area contributed by atoms with E-state index in [1.807, 2.05) is 0 Å². The Balaban J connectivity index is -0.0000000200. The number of nitriles is 1. The molecule has 0 amide bonds. The molecule has 32 valence electrons. The van der Waals surface area contributed by atoms with E-state index >= 15 is 0 Å². The molecule has 0 fully saturated rings. The van der Waals surface area contributed by atoms with Crippen LogP contribution in [-0.4, -0.2) is 11.0 Å². The summed E-state index contributed by atoms with van der Waals surface area (Å²) >= 11 is 0. The van der Waals surface area contributed by atoms with E-state index in [1.165, 1.54) is 6.19 Å². The van der Waals surface area contributed by atoms with Crippen molar-refractivity contribution in [3.8, 4) is 6.19 Å². The Morgan fingerprint density at radius 3 is 1.40 bits per heavy atom. The van der Waals surface area contributed by atoms with E-state index in [2.05, 4.69) is 5.73 Å². The number of hydrogen-bond donors (Lipinski definition) is 1. The van der Waals surface area contributed by atoms with Gasteiger partial charge in [0.15, 0.2) is 6.19 Å². The van der Waals surface area contributed by atoms with Crippen molar-refractivity contribution >= 4 is 0 Å². The van der Waals surface area contributed by atoms with Crippen molar-refractivity contribution in [2.24, 2.45) is 5.73 Å². The summed E-state index contributed by atoms with van der Waals surface area (Å²) in [5, 5.41) is 7.10. The summed E-state index contributed by atoms with van der Waals surface area (Å²) < 4.78 is 0. The zero-order valence-corrected chi connectivity index (χ0v) is 2.52. The molecule has 0 rings (SSSR count). The molecule has 4 heteroatoms. The average Bonchev–Trinajstić information content (AvgIpc) is 0.918. The summed E-state index contributed by atoms with van der Waals surface area (Å²) in [6.45, 7) is 0. The highest BCUT2D eigenvalue weighted by Crippen LogP contribution is 0.900. The summed E-state index contributed by atoms with van der Waals surface area (Å²) in [6.07, 6.45) is 1.25. The maximum absolute atomic E-state index is 7.10.